The van der Waals surface area contributed by atoms with Gasteiger partial charge < -0.3 is 20.8 Å². The molecule has 0 radical (unpaired) electrons. The van der Waals surface area contributed by atoms with Crippen molar-refractivity contribution in [1.29, 1.82) is 0 Å². The van der Waals surface area contributed by atoms with Gasteiger partial charge in [-0.15, -0.1) is 0 Å². The smallest absolute Gasteiger partial charge is 0.315 e. The topological polar surface area (TPSA) is 99.4 Å². The van der Waals surface area contributed by atoms with Crippen molar-refractivity contribution in [3.05, 3.63) is 47.3 Å². The largest absolute Gasteiger partial charge is 0.394 e. The maximum atomic E-state index is 11.7. The second kappa shape index (κ2) is 7.75. The van der Waals surface area contributed by atoms with E-state index in [-0.39, 0.29) is 13.2 Å². The standard InChI is InChI=1S/C16H22N4O3/c1-11-7-12(2)20(19-11)15-6-4-3-5-13(15)8-17-16(23)18-9-14(22)10-21/h3-7,14,21-22H,8-10H2,1-2H3,(H2,17,18,23)/t14-/m1/s1. The van der Waals surface area contributed by atoms with Crippen molar-refractivity contribution in [2.24, 2.45) is 0 Å². The lowest BCUT2D eigenvalue weighted by atomic mass is 10.1. The number of hydrogen-bond acceptors (Lipinski definition) is 4. The Bertz CT molecular complexity index is 669. The first-order chi connectivity index (χ1) is 11.0. The number of amides is 2. The summed E-state index contributed by atoms with van der Waals surface area (Å²) >= 11 is 0. The zero-order chi connectivity index (χ0) is 16.8. The SMILES string of the molecule is Cc1cc(C)n(-c2ccccc2CNC(=O)NC[C@@H](O)CO)n1. The summed E-state index contributed by atoms with van der Waals surface area (Å²) in [6, 6.07) is 9.29. The summed E-state index contributed by atoms with van der Waals surface area (Å²) in [5.74, 6) is 0. The minimum Gasteiger partial charge on any atom is -0.394 e. The van der Waals surface area contributed by atoms with Crippen LogP contribution in [0.2, 0.25) is 0 Å². The molecule has 0 spiro atoms. The van der Waals surface area contributed by atoms with Crippen LogP contribution in [0.3, 0.4) is 0 Å². The summed E-state index contributed by atoms with van der Waals surface area (Å²) in [4.78, 5) is 11.7. The zero-order valence-electron chi connectivity index (χ0n) is 13.3. The van der Waals surface area contributed by atoms with Gasteiger partial charge in [0.25, 0.3) is 0 Å². The molecule has 1 heterocycles. The summed E-state index contributed by atoms with van der Waals surface area (Å²) in [7, 11) is 0. The molecule has 1 atom stereocenters. The molecule has 0 aliphatic heterocycles. The molecule has 0 fully saturated rings. The van der Waals surface area contributed by atoms with E-state index in [4.69, 9.17) is 5.11 Å². The van der Waals surface area contributed by atoms with Crippen LogP contribution in [0.4, 0.5) is 4.79 Å². The van der Waals surface area contributed by atoms with Gasteiger partial charge in [0.05, 0.1) is 24.1 Å². The summed E-state index contributed by atoms with van der Waals surface area (Å²) in [6.07, 6.45) is -0.956. The number of urea groups is 1. The Morgan fingerprint density at radius 1 is 1.30 bits per heavy atom. The molecule has 1 aromatic heterocycles. The van der Waals surface area contributed by atoms with E-state index in [1.165, 1.54) is 0 Å². The normalized spacial score (nSPS) is 12.0. The Morgan fingerprint density at radius 2 is 2.04 bits per heavy atom. The number of aryl methyl sites for hydroxylation is 2. The number of nitrogens with one attached hydrogen (secondary N) is 2. The van der Waals surface area contributed by atoms with E-state index >= 15 is 0 Å². The monoisotopic (exact) mass is 318 g/mol. The van der Waals surface area contributed by atoms with Gasteiger partial charge >= 0.3 is 6.03 Å². The average Bonchev–Trinajstić information content (AvgIpc) is 2.89. The average molecular weight is 318 g/mol. The number of benzene rings is 1. The first-order valence-corrected chi connectivity index (χ1v) is 7.43. The third kappa shape index (κ3) is 4.54. The van der Waals surface area contributed by atoms with Crippen LogP contribution in [-0.4, -0.2) is 45.3 Å². The Balaban J connectivity index is 2.04. The van der Waals surface area contributed by atoms with Crippen LogP contribution in [0.25, 0.3) is 5.69 Å². The van der Waals surface area contributed by atoms with Gasteiger partial charge in [-0.1, -0.05) is 18.2 Å². The number of aliphatic hydroxyl groups is 2. The maximum absolute atomic E-state index is 11.7. The number of carbonyl (C=O) groups excluding carboxylic acids is 1. The van der Waals surface area contributed by atoms with Gasteiger partial charge in [-0.3, -0.25) is 0 Å². The molecule has 1 aromatic carbocycles. The fraction of sp³-hybridized carbons (Fsp3) is 0.375. The van der Waals surface area contributed by atoms with Crippen molar-refractivity contribution in [3.63, 3.8) is 0 Å². The maximum Gasteiger partial charge on any atom is 0.315 e. The highest BCUT2D eigenvalue weighted by atomic mass is 16.3. The predicted molar refractivity (Wildman–Crippen MR) is 86.4 cm³/mol. The summed E-state index contributed by atoms with van der Waals surface area (Å²) in [5, 5.41) is 27.6. The van der Waals surface area contributed by atoms with Crippen LogP contribution < -0.4 is 10.6 Å². The van der Waals surface area contributed by atoms with E-state index in [2.05, 4.69) is 15.7 Å². The van der Waals surface area contributed by atoms with Crippen LogP contribution in [0, 0.1) is 13.8 Å². The van der Waals surface area contributed by atoms with Crippen molar-refractivity contribution in [2.45, 2.75) is 26.5 Å². The van der Waals surface area contributed by atoms with Gasteiger partial charge in [-0.2, -0.15) is 5.10 Å². The lowest BCUT2D eigenvalue weighted by Gasteiger charge is -2.13. The van der Waals surface area contributed by atoms with Gasteiger partial charge in [0, 0.05) is 18.8 Å². The van der Waals surface area contributed by atoms with E-state index in [9.17, 15) is 9.90 Å². The van der Waals surface area contributed by atoms with Crippen LogP contribution >= 0.6 is 0 Å². The van der Waals surface area contributed by atoms with Gasteiger partial charge in [-0.25, -0.2) is 9.48 Å². The van der Waals surface area contributed by atoms with E-state index in [0.29, 0.717) is 6.54 Å². The molecule has 0 bridgehead atoms. The van der Waals surface area contributed by atoms with Gasteiger partial charge in [-0.05, 0) is 31.5 Å². The van der Waals surface area contributed by atoms with E-state index in [0.717, 1.165) is 22.6 Å². The molecule has 0 aliphatic rings. The van der Waals surface area contributed by atoms with E-state index < -0.39 is 12.1 Å². The van der Waals surface area contributed by atoms with Crippen molar-refractivity contribution < 1.29 is 15.0 Å². The molecular weight excluding hydrogens is 296 g/mol. The molecule has 0 saturated carbocycles. The predicted octanol–water partition coefficient (Wildman–Crippen LogP) is 0.642. The summed E-state index contributed by atoms with van der Waals surface area (Å²) in [5.41, 5.74) is 3.79. The van der Waals surface area contributed by atoms with Gasteiger partial charge in [0.15, 0.2) is 0 Å². The summed E-state index contributed by atoms with van der Waals surface area (Å²) < 4.78 is 1.85. The highest BCUT2D eigenvalue weighted by Crippen LogP contribution is 2.16. The number of nitrogens with zero attached hydrogens (tertiary/aromatic N) is 2. The van der Waals surface area contributed by atoms with Crippen molar-refractivity contribution >= 4 is 6.03 Å². The Hall–Kier alpha value is -2.38. The van der Waals surface area contributed by atoms with E-state index in [1.807, 2.05) is 48.9 Å². The van der Waals surface area contributed by atoms with Crippen molar-refractivity contribution in [2.75, 3.05) is 13.2 Å². The Morgan fingerprint density at radius 3 is 2.70 bits per heavy atom. The number of para-hydroxylation sites is 1. The summed E-state index contributed by atoms with van der Waals surface area (Å²) in [6.45, 7) is 3.86. The zero-order valence-corrected chi connectivity index (χ0v) is 13.3. The quantitative estimate of drug-likeness (QED) is 0.628. The number of aliphatic hydroxyl groups excluding tert-OH is 2. The Labute approximate surface area is 135 Å². The third-order valence-corrected chi connectivity index (χ3v) is 3.38. The number of aromatic nitrogens is 2. The van der Waals surface area contributed by atoms with Crippen LogP contribution in [0.5, 0.6) is 0 Å². The molecule has 2 aromatic rings. The molecule has 7 nitrogen and oxygen atoms in total. The van der Waals surface area contributed by atoms with Crippen LogP contribution in [0.1, 0.15) is 17.0 Å². The lowest BCUT2D eigenvalue weighted by molar-refractivity contribution is 0.0959. The first kappa shape index (κ1) is 17.0. The minimum atomic E-state index is -0.956. The molecule has 2 rings (SSSR count). The second-order valence-corrected chi connectivity index (χ2v) is 5.37. The number of rotatable bonds is 6. The number of hydrogen-bond donors (Lipinski definition) is 4. The Kier molecular flexibility index (Phi) is 5.72. The molecule has 4 N–H and O–H groups in total. The molecule has 124 valence electrons. The lowest BCUT2D eigenvalue weighted by Crippen LogP contribution is -2.40. The molecule has 0 saturated heterocycles. The van der Waals surface area contributed by atoms with Gasteiger partial charge in [0.1, 0.15) is 0 Å². The number of carbonyl (C=O) groups is 1. The second-order valence-electron chi connectivity index (χ2n) is 5.37. The molecule has 7 heteroatoms. The van der Waals surface area contributed by atoms with Crippen LogP contribution in [0.15, 0.2) is 30.3 Å². The van der Waals surface area contributed by atoms with E-state index in [1.54, 1.807) is 0 Å². The highest BCUT2D eigenvalue weighted by Gasteiger charge is 2.10. The highest BCUT2D eigenvalue weighted by molar-refractivity contribution is 5.74. The van der Waals surface area contributed by atoms with Gasteiger partial charge in [0.2, 0.25) is 0 Å². The minimum absolute atomic E-state index is 0.00143. The van der Waals surface area contributed by atoms with Crippen molar-refractivity contribution in [1.82, 2.24) is 20.4 Å². The third-order valence-electron chi connectivity index (χ3n) is 3.38. The fourth-order valence-corrected chi connectivity index (χ4v) is 2.25. The molecule has 23 heavy (non-hydrogen) atoms. The molecule has 2 amide bonds. The van der Waals surface area contributed by atoms with Crippen molar-refractivity contribution in [3.8, 4) is 5.69 Å². The van der Waals surface area contributed by atoms with Crippen LogP contribution in [-0.2, 0) is 6.54 Å². The molecule has 0 aliphatic carbocycles. The molecular formula is C16H22N4O3. The molecule has 0 unspecified atom stereocenters. The fourth-order valence-electron chi connectivity index (χ4n) is 2.25. The first-order valence-electron chi connectivity index (χ1n) is 7.43.